The van der Waals surface area contributed by atoms with Crippen LogP contribution in [0.3, 0.4) is 0 Å². The van der Waals surface area contributed by atoms with Crippen molar-refractivity contribution in [2.45, 2.75) is 13.5 Å². The van der Waals surface area contributed by atoms with Crippen molar-refractivity contribution in [3.63, 3.8) is 0 Å². The maximum Gasteiger partial charge on any atom is 0.0594 e. The lowest BCUT2D eigenvalue weighted by Crippen LogP contribution is -2.35. The second kappa shape index (κ2) is 4.51. The Balaban J connectivity index is 1.79. The lowest BCUT2D eigenvalue weighted by molar-refractivity contribution is 0.0342. The van der Waals surface area contributed by atoms with E-state index in [2.05, 4.69) is 41.1 Å². The first-order valence-corrected chi connectivity index (χ1v) is 6.19. The molecule has 3 rings (SSSR count). The number of rotatable bonds is 2. The maximum atomic E-state index is 5.36. The fraction of sp³-hybridized carbons (Fsp3) is 0.429. The first-order valence-electron chi connectivity index (χ1n) is 6.19. The molecule has 0 amide bonds. The predicted molar refractivity (Wildman–Crippen MR) is 69.1 cm³/mol. The van der Waals surface area contributed by atoms with E-state index in [1.807, 2.05) is 0 Å². The van der Waals surface area contributed by atoms with Crippen LogP contribution in [-0.2, 0) is 11.3 Å². The number of nitrogens with one attached hydrogen (secondary N) is 1. The molecule has 1 aromatic carbocycles. The van der Waals surface area contributed by atoms with Gasteiger partial charge in [0.15, 0.2) is 0 Å². The van der Waals surface area contributed by atoms with Gasteiger partial charge in [-0.2, -0.15) is 0 Å². The minimum absolute atomic E-state index is 0.867. The molecule has 0 radical (unpaired) electrons. The molecular weight excluding hydrogens is 212 g/mol. The van der Waals surface area contributed by atoms with Gasteiger partial charge in [0.25, 0.3) is 0 Å². The van der Waals surface area contributed by atoms with E-state index in [1.54, 1.807) is 0 Å². The summed E-state index contributed by atoms with van der Waals surface area (Å²) in [5.74, 6) is 0. The number of fused-ring (bicyclic) bond motifs is 1. The number of nitrogens with zero attached hydrogens (tertiary/aromatic N) is 1. The van der Waals surface area contributed by atoms with Crippen LogP contribution in [0.25, 0.3) is 10.9 Å². The Morgan fingerprint density at radius 2 is 2.06 bits per heavy atom. The second-order valence-corrected chi connectivity index (χ2v) is 4.76. The molecule has 17 heavy (non-hydrogen) atoms. The number of ether oxygens (including phenoxy) is 1. The van der Waals surface area contributed by atoms with Gasteiger partial charge in [-0.3, -0.25) is 4.90 Å². The van der Waals surface area contributed by atoms with Crippen LogP contribution in [0.15, 0.2) is 24.3 Å². The minimum atomic E-state index is 0.867. The third-order valence-corrected chi connectivity index (χ3v) is 3.33. The standard InChI is InChI=1S/C14H18N2O/c1-11-8-13-9-12(2-3-14(13)15-11)10-16-4-6-17-7-5-16/h2-3,8-9,15H,4-7,10H2,1H3. The SMILES string of the molecule is Cc1cc2cc(CN3CCOCC3)ccc2[nH]1. The molecule has 2 aromatic rings. The van der Waals surface area contributed by atoms with Gasteiger partial charge in [0.05, 0.1) is 13.2 Å². The topological polar surface area (TPSA) is 28.3 Å². The summed E-state index contributed by atoms with van der Waals surface area (Å²) < 4.78 is 5.36. The second-order valence-electron chi connectivity index (χ2n) is 4.76. The summed E-state index contributed by atoms with van der Waals surface area (Å²) in [6.07, 6.45) is 0. The molecule has 0 unspecified atom stereocenters. The smallest absolute Gasteiger partial charge is 0.0594 e. The quantitative estimate of drug-likeness (QED) is 0.857. The summed E-state index contributed by atoms with van der Waals surface area (Å²) in [4.78, 5) is 5.80. The maximum absolute atomic E-state index is 5.36. The van der Waals surface area contributed by atoms with Gasteiger partial charge in [-0.15, -0.1) is 0 Å². The van der Waals surface area contributed by atoms with Gasteiger partial charge < -0.3 is 9.72 Å². The zero-order valence-electron chi connectivity index (χ0n) is 10.2. The van der Waals surface area contributed by atoms with Crippen molar-refractivity contribution in [2.75, 3.05) is 26.3 Å². The van der Waals surface area contributed by atoms with Crippen LogP contribution in [0.1, 0.15) is 11.3 Å². The summed E-state index contributed by atoms with van der Waals surface area (Å²) in [7, 11) is 0. The molecule has 1 aliphatic heterocycles. The fourth-order valence-corrected chi connectivity index (χ4v) is 2.44. The normalized spacial score (nSPS) is 17.7. The number of aryl methyl sites for hydroxylation is 1. The average Bonchev–Trinajstić information content (AvgIpc) is 2.70. The Morgan fingerprint density at radius 1 is 1.24 bits per heavy atom. The van der Waals surface area contributed by atoms with Crippen molar-refractivity contribution in [2.24, 2.45) is 0 Å². The Hall–Kier alpha value is -1.32. The van der Waals surface area contributed by atoms with Crippen molar-refractivity contribution in [3.05, 3.63) is 35.5 Å². The van der Waals surface area contributed by atoms with E-state index < -0.39 is 0 Å². The zero-order valence-corrected chi connectivity index (χ0v) is 10.2. The molecule has 0 saturated carbocycles. The van der Waals surface area contributed by atoms with E-state index in [0.717, 1.165) is 32.8 Å². The van der Waals surface area contributed by atoms with Crippen LogP contribution in [-0.4, -0.2) is 36.2 Å². The first kappa shape index (κ1) is 10.8. The number of hydrogen-bond donors (Lipinski definition) is 1. The summed E-state index contributed by atoms with van der Waals surface area (Å²) in [6.45, 7) is 6.95. The van der Waals surface area contributed by atoms with Gasteiger partial charge in [0.1, 0.15) is 0 Å². The first-order chi connectivity index (χ1) is 8.31. The van der Waals surface area contributed by atoms with Crippen LogP contribution in [0.5, 0.6) is 0 Å². The average molecular weight is 230 g/mol. The van der Waals surface area contributed by atoms with Crippen molar-refractivity contribution in [1.29, 1.82) is 0 Å². The van der Waals surface area contributed by atoms with Crippen LogP contribution in [0, 0.1) is 6.92 Å². The van der Waals surface area contributed by atoms with Gasteiger partial charge in [-0.1, -0.05) is 6.07 Å². The van der Waals surface area contributed by atoms with E-state index in [4.69, 9.17) is 4.74 Å². The van der Waals surface area contributed by atoms with Crippen molar-refractivity contribution in [3.8, 4) is 0 Å². The summed E-state index contributed by atoms with van der Waals surface area (Å²) in [5.41, 5.74) is 3.84. The van der Waals surface area contributed by atoms with Crippen molar-refractivity contribution < 1.29 is 4.74 Å². The van der Waals surface area contributed by atoms with Gasteiger partial charge in [0.2, 0.25) is 0 Å². The highest BCUT2D eigenvalue weighted by Gasteiger charge is 2.10. The van der Waals surface area contributed by atoms with Gasteiger partial charge in [-0.05, 0) is 36.1 Å². The number of benzene rings is 1. The van der Waals surface area contributed by atoms with E-state index in [0.29, 0.717) is 0 Å². The molecular formula is C14H18N2O. The number of H-pyrrole nitrogens is 1. The third kappa shape index (κ3) is 2.35. The Kier molecular flexibility index (Phi) is 2.87. The summed E-state index contributed by atoms with van der Waals surface area (Å²) >= 11 is 0. The lowest BCUT2D eigenvalue weighted by Gasteiger charge is -2.26. The monoisotopic (exact) mass is 230 g/mol. The van der Waals surface area contributed by atoms with Gasteiger partial charge in [0, 0.05) is 30.8 Å². The summed E-state index contributed by atoms with van der Waals surface area (Å²) in [5, 5.41) is 1.31. The van der Waals surface area contributed by atoms with E-state index in [9.17, 15) is 0 Å². The third-order valence-electron chi connectivity index (χ3n) is 3.33. The molecule has 1 N–H and O–H groups in total. The van der Waals surface area contributed by atoms with Gasteiger partial charge >= 0.3 is 0 Å². The van der Waals surface area contributed by atoms with E-state index in [1.165, 1.54) is 22.2 Å². The van der Waals surface area contributed by atoms with Gasteiger partial charge in [-0.25, -0.2) is 0 Å². The molecule has 0 aliphatic carbocycles. The van der Waals surface area contributed by atoms with Crippen LogP contribution < -0.4 is 0 Å². The number of aromatic amines is 1. The molecule has 1 aliphatic rings. The van der Waals surface area contributed by atoms with Crippen LogP contribution >= 0.6 is 0 Å². The Bertz CT molecular complexity index is 512. The number of aromatic nitrogens is 1. The van der Waals surface area contributed by atoms with Crippen LogP contribution in [0.2, 0.25) is 0 Å². The number of hydrogen-bond acceptors (Lipinski definition) is 2. The minimum Gasteiger partial charge on any atom is -0.379 e. The van der Waals surface area contributed by atoms with E-state index in [-0.39, 0.29) is 0 Å². The number of morpholine rings is 1. The molecule has 2 heterocycles. The molecule has 3 heteroatoms. The van der Waals surface area contributed by atoms with Crippen molar-refractivity contribution in [1.82, 2.24) is 9.88 Å². The molecule has 3 nitrogen and oxygen atoms in total. The van der Waals surface area contributed by atoms with E-state index >= 15 is 0 Å². The highest BCUT2D eigenvalue weighted by atomic mass is 16.5. The highest BCUT2D eigenvalue weighted by Crippen LogP contribution is 2.18. The molecule has 90 valence electrons. The Labute approximate surface area is 101 Å². The highest BCUT2D eigenvalue weighted by molar-refractivity contribution is 5.81. The Morgan fingerprint density at radius 3 is 2.88 bits per heavy atom. The molecule has 1 fully saturated rings. The molecule has 0 atom stereocenters. The molecule has 1 saturated heterocycles. The fourth-order valence-electron chi connectivity index (χ4n) is 2.44. The molecule has 1 aromatic heterocycles. The zero-order chi connectivity index (χ0) is 11.7. The largest absolute Gasteiger partial charge is 0.379 e. The van der Waals surface area contributed by atoms with Crippen molar-refractivity contribution >= 4 is 10.9 Å². The molecule has 0 spiro atoms. The molecule has 0 bridgehead atoms. The predicted octanol–water partition coefficient (Wildman–Crippen LogP) is 2.31. The summed E-state index contributed by atoms with van der Waals surface area (Å²) in [6, 6.07) is 8.89. The van der Waals surface area contributed by atoms with Crippen LogP contribution in [0.4, 0.5) is 0 Å². The lowest BCUT2D eigenvalue weighted by atomic mass is 10.1.